The maximum atomic E-state index is 10.5. The molecule has 0 aliphatic heterocycles. The van der Waals surface area contributed by atoms with E-state index in [1.54, 1.807) is 9.24 Å². The molecule has 3 atom stereocenters. The van der Waals surface area contributed by atoms with Gasteiger partial charge in [-0.15, -0.1) is 9.24 Å². The van der Waals surface area contributed by atoms with Gasteiger partial charge in [0.25, 0.3) is 0 Å². The summed E-state index contributed by atoms with van der Waals surface area (Å²) in [6.45, 7) is 0. The molecule has 0 heterocycles. The highest BCUT2D eigenvalue weighted by Gasteiger charge is 2.47. The largest absolute Gasteiger partial charge is 0.481 e. The van der Waals surface area contributed by atoms with Crippen molar-refractivity contribution in [1.82, 2.24) is 0 Å². The van der Waals surface area contributed by atoms with Crippen LogP contribution in [0.4, 0.5) is 0 Å². The number of aliphatic carboxylic acids is 3. The lowest BCUT2D eigenvalue weighted by Crippen LogP contribution is -2.51. The van der Waals surface area contributed by atoms with Crippen molar-refractivity contribution >= 4 is 27.1 Å². The van der Waals surface area contributed by atoms with E-state index in [1.165, 1.54) is 0 Å². The molecule has 0 saturated heterocycles. The maximum Gasteiger partial charge on any atom is 0.337 e. The van der Waals surface area contributed by atoms with Gasteiger partial charge in [-0.2, -0.15) is 0 Å². The molecule has 0 aromatic heterocycles. The van der Waals surface area contributed by atoms with Gasteiger partial charge < -0.3 is 20.4 Å². The summed E-state index contributed by atoms with van der Waals surface area (Å²) in [5.41, 5.74) is -4.60. The van der Waals surface area contributed by atoms with Crippen LogP contribution in [0, 0.1) is 0 Å². The van der Waals surface area contributed by atoms with Gasteiger partial charge in [0.05, 0.1) is 6.42 Å². The summed E-state index contributed by atoms with van der Waals surface area (Å²) in [5.74, 6) is -5.09. The van der Waals surface area contributed by atoms with Crippen molar-refractivity contribution in [3.63, 3.8) is 0 Å². The Morgan fingerprint density at radius 3 is 1.86 bits per heavy atom. The van der Waals surface area contributed by atoms with Crippen LogP contribution < -0.4 is 0 Å². The lowest BCUT2D eigenvalue weighted by molar-refractivity contribution is -0.169. The molecule has 0 aromatic carbocycles. The number of aliphatic hydroxyl groups is 1. The third kappa shape index (κ3) is 2.65. The molecule has 0 amide bonds. The summed E-state index contributed by atoms with van der Waals surface area (Å²) in [5, 5.41) is 34.6. The molecule has 0 fully saturated rings. The number of hydrogen-bond acceptors (Lipinski definition) is 4. The van der Waals surface area contributed by atoms with Crippen LogP contribution in [-0.2, 0) is 14.4 Å². The monoisotopic (exact) mass is 224 g/mol. The van der Waals surface area contributed by atoms with Gasteiger partial charge in [0.1, 0.15) is 5.66 Å². The Hall–Kier alpha value is -1.20. The zero-order valence-electron chi connectivity index (χ0n) is 6.88. The van der Waals surface area contributed by atoms with E-state index in [9.17, 15) is 19.5 Å². The average molecular weight is 224 g/mol. The lowest BCUT2D eigenvalue weighted by atomic mass is 9.95. The second-order valence-electron chi connectivity index (χ2n) is 2.62. The van der Waals surface area contributed by atoms with Crippen molar-refractivity contribution in [2.24, 2.45) is 0 Å². The van der Waals surface area contributed by atoms with E-state index in [4.69, 9.17) is 15.3 Å². The van der Waals surface area contributed by atoms with Gasteiger partial charge in [0.15, 0.2) is 5.60 Å². The Labute approximate surface area is 80.6 Å². The Morgan fingerprint density at radius 2 is 1.64 bits per heavy atom. The highest BCUT2D eigenvalue weighted by Crippen LogP contribution is 2.23. The molecule has 0 saturated carbocycles. The summed E-state index contributed by atoms with van der Waals surface area (Å²) < 4.78 is 0. The van der Waals surface area contributed by atoms with Crippen molar-refractivity contribution in [2.75, 3.05) is 0 Å². The Bertz CT molecular complexity index is 275. The smallest absolute Gasteiger partial charge is 0.337 e. The topological polar surface area (TPSA) is 132 Å². The van der Waals surface area contributed by atoms with Gasteiger partial charge in [-0.25, -0.2) is 4.79 Å². The Kier molecular flexibility index (Phi) is 3.97. The normalized spacial score (nSPS) is 16.7. The van der Waals surface area contributed by atoms with E-state index in [2.05, 4.69) is 0 Å². The van der Waals surface area contributed by atoms with Crippen molar-refractivity contribution in [1.29, 1.82) is 0 Å². The van der Waals surface area contributed by atoms with Gasteiger partial charge in [-0.1, -0.05) is 0 Å². The third-order valence-electron chi connectivity index (χ3n) is 1.57. The van der Waals surface area contributed by atoms with Gasteiger partial charge in [-0.3, -0.25) is 9.59 Å². The predicted octanol–water partition coefficient (Wildman–Crippen LogP) is -1.39. The Morgan fingerprint density at radius 1 is 1.21 bits per heavy atom. The lowest BCUT2D eigenvalue weighted by Gasteiger charge is -2.24. The molecule has 7 nitrogen and oxygen atoms in total. The zero-order chi connectivity index (χ0) is 11.5. The molecule has 0 aliphatic carbocycles. The van der Waals surface area contributed by atoms with E-state index >= 15 is 0 Å². The van der Waals surface area contributed by atoms with Crippen LogP contribution in [0.3, 0.4) is 0 Å². The van der Waals surface area contributed by atoms with Crippen LogP contribution in [-0.4, -0.2) is 49.6 Å². The zero-order valence-corrected chi connectivity index (χ0v) is 8.03. The Balaban J connectivity index is 4.99. The van der Waals surface area contributed by atoms with Gasteiger partial charge >= 0.3 is 17.9 Å². The quantitative estimate of drug-likeness (QED) is 0.422. The van der Waals surface area contributed by atoms with Crippen LogP contribution in [0.5, 0.6) is 0 Å². The maximum absolute atomic E-state index is 10.5. The first-order valence-corrected chi connectivity index (χ1v) is 4.04. The van der Waals surface area contributed by atoms with Gasteiger partial charge in [0.2, 0.25) is 0 Å². The first-order chi connectivity index (χ1) is 6.21. The number of rotatable bonds is 5. The summed E-state index contributed by atoms with van der Waals surface area (Å²) in [6.07, 6.45) is -1.18. The van der Waals surface area contributed by atoms with Crippen LogP contribution in [0.15, 0.2) is 0 Å². The molecule has 0 rings (SSSR count). The summed E-state index contributed by atoms with van der Waals surface area (Å²) in [4.78, 5) is 31.1. The molecular formula is C6H9O7P. The minimum absolute atomic E-state index is 1.18. The van der Waals surface area contributed by atoms with Crippen LogP contribution in [0.25, 0.3) is 0 Å². The van der Waals surface area contributed by atoms with Crippen LogP contribution in [0.1, 0.15) is 6.42 Å². The molecule has 4 N–H and O–H groups in total. The van der Waals surface area contributed by atoms with E-state index in [1.807, 2.05) is 0 Å². The molecule has 0 radical (unpaired) electrons. The fourth-order valence-corrected chi connectivity index (χ4v) is 1.01. The van der Waals surface area contributed by atoms with Gasteiger partial charge in [0, 0.05) is 0 Å². The average Bonchev–Trinajstić information content (AvgIpc) is 2.00. The second-order valence-corrected chi connectivity index (χ2v) is 3.28. The van der Waals surface area contributed by atoms with Crippen LogP contribution in [0.2, 0.25) is 0 Å². The van der Waals surface area contributed by atoms with Crippen molar-refractivity contribution < 1.29 is 34.8 Å². The SMILES string of the molecule is O=C(O)CC(O)(C(=O)O)C(P)C(=O)O. The number of hydrogen-bond donors (Lipinski definition) is 4. The van der Waals surface area contributed by atoms with Crippen molar-refractivity contribution in [3.05, 3.63) is 0 Å². The molecule has 8 heteroatoms. The van der Waals surface area contributed by atoms with Crippen LogP contribution >= 0.6 is 9.24 Å². The molecular weight excluding hydrogens is 215 g/mol. The first kappa shape index (κ1) is 12.8. The molecule has 80 valence electrons. The third-order valence-corrected chi connectivity index (χ3v) is 2.41. The minimum atomic E-state index is -2.82. The number of carbonyl (C=O) groups is 3. The molecule has 3 unspecified atom stereocenters. The predicted molar refractivity (Wildman–Crippen MR) is 46.0 cm³/mol. The number of carboxylic acid groups (broad SMARTS) is 3. The van der Waals surface area contributed by atoms with E-state index < -0.39 is 35.6 Å². The summed E-state index contributed by atoms with van der Waals surface area (Å²) in [7, 11) is 1.58. The fraction of sp³-hybridized carbons (Fsp3) is 0.500. The standard InChI is InChI=1S/C6H9O7P/c7-2(8)1-6(13,5(11)12)3(14)4(9)10/h3,13H,1,14H2,(H,7,8)(H,9,10)(H,11,12). The van der Waals surface area contributed by atoms with Crippen molar-refractivity contribution in [2.45, 2.75) is 17.7 Å². The highest BCUT2D eigenvalue weighted by atomic mass is 31.0. The summed E-state index contributed by atoms with van der Waals surface area (Å²) >= 11 is 0. The minimum Gasteiger partial charge on any atom is -0.481 e. The molecule has 0 bridgehead atoms. The summed E-state index contributed by atoms with van der Waals surface area (Å²) in [6, 6.07) is 0. The first-order valence-electron chi connectivity index (χ1n) is 3.37. The van der Waals surface area contributed by atoms with E-state index in [0.29, 0.717) is 0 Å². The van der Waals surface area contributed by atoms with E-state index in [-0.39, 0.29) is 0 Å². The van der Waals surface area contributed by atoms with Crippen molar-refractivity contribution in [3.8, 4) is 0 Å². The second kappa shape index (κ2) is 4.34. The molecule has 0 aliphatic rings. The number of carboxylic acids is 3. The van der Waals surface area contributed by atoms with E-state index in [0.717, 1.165) is 0 Å². The fourth-order valence-electron chi connectivity index (χ4n) is 0.753. The van der Waals surface area contributed by atoms with Gasteiger partial charge in [-0.05, 0) is 0 Å². The molecule has 0 spiro atoms. The highest BCUT2D eigenvalue weighted by molar-refractivity contribution is 7.19. The molecule has 14 heavy (non-hydrogen) atoms. The molecule has 0 aromatic rings.